The Kier molecular flexibility index (Phi) is 6.93. The first-order valence-electron chi connectivity index (χ1n) is 10.8. The Morgan fingerprint density at radius 3 is 2.66 bits per heavy atom. The maximum absolute atomic E-state index is 12.9. The van der Waals surface area contributed by atoms with Crippen molar-refractivity contribution in [2.24, 2.45) is 5.92 Å². The monoisotopic (exact) mass is 478 g/mol. The highest BCUT2D eigenvalue weighted by molar-refractivity contribution is 7.89. The van der Waals surface area contributed by atoms with Gasteiger partial charge in [0.25, 0.3) is 0 Å². The van der Waals surface area contributed by atoms with Crippen molar-refractivity contribution in [2.45, 2.75) is 37.5 Å². The molecule has 1 saturated heterocycles. The van der Waals surface area contributed by atoms with Crippen LogP contribution in [0.2, 0.25) is 5.02 Å². The molecule has 0 aliphatic carbocycles. The number of halogens is 1. The van der Waals surface area contributed by atoms with Crippen LogP contribution in [-0.4, -0.2) is 44.9 Å². The van der Waals surface area contributed by atoms with E-state index in [1.807, 2.05) is 0 Å². The van der Waals surface area contributed by atoms with Gasteiger partial charge in [0.15, 0.2) is 11.5 Å². The molecule has 4 rings (SSSR count). The predicted molar refractivity (Wildman–Crippen MR) is 123 cm³/mol. The number of nitrogens with one attached hydrogen (secondary N) is 1. The Bertz CT molecular complexity index is 1090. The summed E-state index contributed by atoms with van der Waals surface area (Å²) in [4.78, 5) is 12.8. The first kappa shape index (κ1) is 22.9. The van der Waals surface area contributed by atoms with Crippen molar-refractivity contribution in [2.75, 3.05) is 31.6 Å². The van der Waals surface area contributed by atoms with Crippen LogP contribution >= 0.6 is 11.6 Å². The van der Waals surface area contributed by atoms with Crippen LogP contribution in [0.15, 0.2) is 41.3 Å². The van der Waals surface area contributed by atoms with Crippen molar-refractivity contribution in [3.8, 4) is 11.5 Å². The Labute approximate surface area is 193 Å². The molecule has 0 saturated carbocycles. The predicted octanol–water partition coefficient (Wildman–Crippen LogP) is 4.10. The molecule has 172 valence electrons. The normalized spacial score (nSPS) is 19.2. The third-order valence-electron chi connectivity index (χ3n) is 5.62. The van der Waals surface area contributed by atoms with Crippen molar-refractivity contribution in [1.82, 2.24) is 4.31 Å². The fourth-order valence-corrected chi connectivity index (χ4v) is 5.89. The van der Waals surface area contributed by atoms with Gasteiger partial charge >= 0.3 is 0 Å². The molecule has 0 bridgehead atoms. The SMILES string of the molecule is C[C@@H]1CCCN(S(=O)(=O)c2ccc(NC(=O)Cc3cc(Cl)c4c(c3)OCCCO4)cc2)C1. The van der Waals surface area contributed by atoms with Crippen LogP contribution in [0, 0.1) is 5.92 Å². The Balaban J connectivity index is 1.41. The molecule has 32 heavy (non-hydrogen) atoms. The zero-order valence-electron chi connectivity index (χ0n) is 18.0. The molecule has 0 radical (unpaired) electrons. The molecule has 7 nitrogen and oxygen atoms in total. The zero-order chi connectivity index (χ0) is 22.7. The number of carbonyl (C=O) groups excluding carboxylic acids is 1. The van der Waals surface area contributed by atoms with Gasteiger partial charge in [-0.05, 0) is 60.7 Å². The molecule has 0 spiro atoms. The molecule has 2 heterocycles. The van der Waals surface area contributed by atoms with Gasteiger partial charge in [-0.3, -0.25) is 4.79 Å². The van der Waals surface area contributed by atoms with E-state index in [-0.39, 0.29) is 17.2 Å². The number of piperidine rings is 1. The quantitative estimate of drug-likeness (QED) is 0.699. The third kappa shape index (κ3) is 5.19. The Morgan fingerprint density at radius 1 is 1.16 bits per heavy atom. The van der Waals surface area contributed by atoms with Crippen LogP contribution in [0.4, 0.5) is 5.69 Å². The van der Waals surface area contributed by atoms with Gasteiger partial charge in [-0.2, -0.15) is 4.31 Å². The summed E-state index contributed by atoms with van der Waals surface area (Å²) >= 11 is 6.30. The first-order chi connectivity index (χ1) is 15.3. The van der Waals surface area contributed by atoms with E-state index >= 15 is 0 Å². The molecular weight excluding hydrogens is 452 g/mol. The number of amides is 1. The van der Waals surface area contributed by atoms with E-state index in [0.29, 0.717) is 60.0 Å². The fraction of sp³-hybridized carbons (Fsp3) is 0.435. The molecule has 2 aliphatic heterocycles. The maximum Gasteiger partial charge on any atom is 0.243 e. The minimum Gasteiger partial charge on any atom is -0.489 e. The van der Waals surface area contributed by atoms with E-state index in [2.05, 4.69) is 12.2 Å². The number of sulfonamides is 1. The molecule has 1 N–H and O–H groups in total. The molecule has 0 aromatic heterocycles. The van der Waals surface area contributed by atoms with E-state index in [9.17, 15) is 13.2 Å². The van der Waals surface area contributed by atoms with Crippen LogP contribution in [-0.2, 0) is 21.2 Å². The van der Waals surface area contributed by atoms with E-state index in [0.717, 1.165) is 19.3 Å². The number of nitrogens with zero attached hydrogens (tertiary/aromatic N) is 1. The summed E-state index contributed by atoms with van der Waals surface area (Å²) in [6.07, 6.45) is 2.79. The lowest BCUT2D eigenvalue weighted by molar-refractivity contribution is -0.115. The van der Waals surface area contributed by atoms with Gasteiger partial charge in [0.05, 0.1) is 29.6 Å². The van der Waals surface area contributed by atoms with Crippen LogP contribution in [0.1, 0.15) is 31.7 Å². The topological polar surface area (TPSA) is 84.9 Å². The molecule has 2 aromatic rings. The lowest BCUT2D eigenvalue weighted by atomic mass is 10.0. The lowest BCUT2D eigenvalue weighted by Gasteiger charge is -2.30. The summed E-state index contributed by atoms with van der Waals surface area (Å²) < 4.78 is 38.6. The first-order valence-corrected chi connectivity index (χ1v) is 12.6. The number of benzene rings is 2. The highest BCUT2D eigenvalue weighted by atomic mass is 35.5. The highest BCUT2D eigenvalue weighted by Crippen LogP contribution is 2.38. The average molecular weight is 479 g/mol. The summed E-state index contributed by atoms with van der Waals surface area (Å²) in [5.74, 6) is 1.17. The zero-order valence-corrected chi connectivity index (χ0v) is 19.5. The van der Waals surface area contributed by atoms with Crippen molar-refractivity contribution in [1.29, 1.82) is 0 Å². The van der Waals surface area contributed by atoms with Gasteiger partial charge in [0.2, 0.25) is 15.9 Å². The summed E-state index contributed by atoms with van der Waals surface area (Å²) in [6.45, 7) is 4.22. The van der Waals surface area contributed by atoms with Crippen molar-refractivity contribution in [3.63, 3.8) is 0 Å². The fourth-order valence-electron chi connectivity index (χ4n) is 4.00. The second-order valence-corrected chi connectivity index (χ2v) is 10.7. The van der Waals surface area contributed by atoms with Crippen LogP contribution in [0.5, 0.6) is 11.5 Å². The maximum atomic E-state index is 12.9. The largest absolute Gasteiger partial charge is 0.489 e. The number of carbonyl (C=O) groups is 1. The average Bonchev–Trinajstić information content (AvgIpc) is 3.00. The molecule has 9 heteroatoms. The van der Waals surface area contributed by atoms with E-state index < -0.39 is 10.0 Å². The number of hydrogen-bond acceptors (Lipinski definition) is 5. The summed E-state index contributed by atoms with van der Waals surface area (Å²) in [7, 11) is -3.53. The molecule has 1 fully saturated rings. The Hall–Kier alpha value is -2.29. The molecule has 0 unspecified atom stereocenters. The van der Waals surface area contributed by atoms with Gasteiger partial charge < -0.3 is 14.8 Å². The number of hydrogen-bond donors (Lipinski definition) is 1. The number of anilines is 1. The van der Waals surface area contributed by atoms with Crippen LogP contribution in [0.25, 0.3) is 0 Å². The van der Waals surface area contributed by atoms with Gasteiger partial charge in [0, 0.05) is 25.2 Å². The lowest BCUT2D eigenvalue weighted by Crippen LogP contribution is -2.39. The molecule has 1 amide bonds. The minimum absolute atomic E-state index is 0.0993. The smallest absolute Gasteiger partial charge is 0.243 e. The summed E-state index contributed by atoms with van der Waals surface area (Å²) in [6, 6.07) is 9.76. The van der Waals surface area contributed by atoms with E-state index in [4.69, 9.17) is 21.1 Å². The second kappa shape index (κ2) is 9.68. The summed E-state index contributed by atoms with van der Waals surface area (Å²) in [5, 5.41) is 3.22. The van der Waals surface area contributed by atoms with Crippen LogP contribution in [0.3, 0.4) is 0 Å². The van der Waals surface area contributed by atoms with Gasteiger partial charge in [-0.1, -0.05) is 18.5 Å². The molecule has 2 aromatic carbocycles. The van der Waals surface area contributed by atoms with Gasteiger partial charge in [0.1, 0.15) is 0 Å². The van der Waals surface area contributed by atoms with Crippen molar-refractivity contribution >= 4 is 33.2 Å². The third-order valence-corrected chi connectivity index (χ3v) is 7.78. The van der Waals surface area contributed by atoms with Gasteiger partial charge in [-0.25, -0.2) is 8.42 Å². The molecule has 1 atom stereocenters. The van der Waals surface area contributed by atoms with E-state index in [1.54, 1.807) is 28.6 Å². The number of fused-ring (bicyclic) bond motifs is 1. The van der Waals surface area contributed by atoms with Crippen molar-refractivity contribution < 1.29 is 22.7 Å². The minimum atomic E-state index is -3.53. The van der Waals surface area contributed by atoms with E-state index in [1.165, 1.54) is 12.1 Å². The summed E-state index contributed by atoms with van der Waals surface area (Å²) in [5.41, 5.74) is 1.23. The van der Waals surface area contributed by atoms with Crippen LogP contribution < -0.4 is 14.8 Å². The van der Waals surface area contributed by atoms with Gasteiger partial charge in [-0.15, -0.1) is 0 Å². The molecule has 2 aliphatic rings. The standard InChI is InChI=1S/C23H27ClN2O5S/c1-16-4-2-9-26(15-16)32(28,29)19-7-5-18(6-8-19)25-22(27)14-17-12-20(24)23-21(13-17)30-10-3-11-31-23/h5-8,12-13,16H,2-4,9-11,14-15H2,1H3,(H,25,27)/t16-/m1/s1. The number of rotatable bonds is 5. The molecular formula is C23H27ClN2O5S. The number of ether oxygens (including phenoxy) is 2. The van der Waals surface area contributed by atoms with Crippen molar-refractivity contribution in [3.05, 3.63) is 47.0 Å². The highest BCUT2D eigenvalue weighted by Gasteiger charge is 2.28. The second-order valence-electron chi connectivity index (χ2n) is 8.32. The Morgan fingerprint density at radius 2 is 1.91 bits per heavy atom.